The predicted molar refractivity (Wildman–Crippen MR) is 41.5 cm³/mol. The third-order valence-corrected chi connectivity index (χ3v) is 3.25. The van der Waals surface area contributed by atoms with Crippen molar-refractivity contribution >= 4 is 17.6 Å². The van der Waals surface area contributed by atoms with Crippen molar-refractivity contribution in [1.82, 2.24) is 0 Å². The number of rotatable bonds is 0. The van der Waals surface area contributed by atoms with Crippen molar-refractivity contribution in [2.45, 2.75) is 43.1 Å². The summed E-state index contributed by atoms with van der Waals surface area (Å²) < 4.78 is 5.11. The van der Waals surface area contributed by atoms with E-state index in [0.717, 1.165) is 19.3 Å². The number of halogens is 1. The molecule has 2 unspecified atom stereocenters. The Bertz CT molecular complexity index is 183. The Kier molecular flexibility index (Phi) is 1.60. The molecule has 2 nitrogen and oxygen atoms in total. The summed E-state index contributed by atoms with van der Waals surface area (Å²) in [6.07, 6.45) is 4.83. The summed E-state index contributed by atoms with van der Waals surface area (Å²) in [5.74, 6) is -0.0856. The molecule has 2 fully saturated rings. The van der Waals surface area contributed by atoms with E-state index in [4.69, 9.17) is 16.3 Å². The van der Waals surface area contributed by atoms with Gasteiger partial charge in [-0.15, -0.1) is 11.6 Å². The van der Waals surface area contributed by atoms with Crippen LogP contribution < -0.4 is 0 Å². The lowest BCUT2D eigenvalue weighted by molar-refractivity contribution is -0.195. The highest BCUT2D eigenvalue weighted by molar-refractivity contribution is 6.22. The second-order valence-corrected chi connectivity index (χ2v) is 3.96. The number of alkyl halides is 1. The quantitative estimate of drug-likeness (QED) is 0.414. The molecule has 1 spiro atoms. The maximum atomic E-state index is 10.6. The molecule has 0 amide bonds. The summed E-state index contributed by atoms with van der Waals surface area (Å²) in [5.41, 5.74) is -0.253. The summed E-state index contributed by atoms with van der Waals surface area (Å²) >= 11 is 6.06. The summed E-state index contributed by atoms with van der Waals surface area (Å²) in [7, 11) is 0. The van der Waals surface area contributed by atoms with E-state index in [1.807, 2.05) is 0 Å². The molecule has 1 saturated carbocycles. The van der Waals surface area contributed by atoms with E-state index in [9.17, 15) is 4.79 Å². The molecule has 2 aliphatic rings. The normalized spacial score (nSPS) is 43.4. The largest absolute Gasteiger partial charge is 0.457 e. The van der Waals surface area contributed by atoms with Crippen LogP contribution in [0, 0.1) is 0 Å². The molecule has 0 N–H and O–H groups in total. The average Bonchev–Trinajstić information content (AvgIpc) is 1.92. The van der Waals surface area contributed by atoms with Crippen LogP contribution in [0.3, 0.4) is 0 Å². The van der Waals surface area contributed by atoms with Gasteiger partial charge in [0.1, 0.15) is 5.60 Å². The first-order valence-electron chi connectivity index (χ1n) is 4.09. The van der Waals surface area contributed by atoms with Crippen LogP contribution in [0.1, 0.15) is 32.1 Å². The van der Waals surface area contributed by atoms with Crippen molar-refractivity contribution in [3.63, 3.8) is 0 Å². The van der Waals surface area contributed by atoms with Crippen molar-refractivity contribution < 1.29 is 9.53 Å². The minimum atomic E-state index is -0.253. The van der Waals surface area contributed by atoms with Crippen molar-refractivity contribution in [2.75, 3.05) is 0 Å². The van der Waals surface area contributed by atoms with Gasteiger partial charge in [0.2, 0.25) is 0 Å². The van der Waals surface area contributed by atoms with E-state index in [2.05, 4.69) is 0 Å². The van der Waals surface area contributed by atoms with Crippen LogP contribution >= 0.6 is 11.6 Å². The molecule has 0 aromatic heterocycles. The molecule has 0 aromatic carbocycles. The highest BCUT2D eigenvalue weighted by Gasteiger charge is 2.52. The number of ether oxygens (including phenoxy) is 1. The van der Waals surface area contributed by atoms with E-state index in [0.29, 0.717) is 6.42 Å². The maximum absolute atomic E-state index is 10.6. The summed E-state index contributed by atoms with van der Waals surface area (Å²) in [5, 5.41) is 0.0638. The summed E-state index contributed by atoms with van der Waals surface area (Å²) in [6, 6.07) is 0. The van der Waals surface area contributed by atoms with Crippen LogP contribution in [0.5, 0.6) is 0 Å². The lowest BCUT2D eigenvalue weighted by Crippen LogP contribution is -2.55. The molecule has 1 aliphatic heterocycles. The average molecular weight is 175 g/mol. The lowest BCUT2D eigenvalue weighted by Gasteiger charge is -2.46. The Morgan fingerprint density at radius 1 is 1.55 bits per heavy atom. The Balaban J connectivity index is 2.05. The zero-order chi connectivity index (χ0) is 7.90. The van der Waals surface area contributed by atoms with Gasteiger partial charge in [-0.1, -0.05) is 6.42 Å². The van der Waals surface area contributed by atoms with Crippen molar-refractivity contribution in [1.29, 1.82) is 0 Å². The van der Waals surface area contributed by atoms with E-state index in [-0.39, 0.29) is 16.9 Å². The Morgan fingerprint density at radius 3 is 2.82 bits per heavy atom. The Labute approximate surface area is 70.9 Å². The fourth-order valence-electron chi connectivity index (χ4n) is 1.94. The van der Waals surface area contributed by atoms with Gasteiger partial charge in [0.05, 0.1) is 11.8 Å². The summed E-state index contributed by atoms with van der Waals surface area (Å²) in [4.78, 5) is 10.6. The van der Waals surface area contributed by atoms with Crippen molar-refractivity contribution in [3.05, 3.63) is 0 Å². The Morgan fingerprint density at radius 2 is 2.27 bits per heavy atom. The van der Waals surface area contributed by atoms with E-state index < -0.39 is 0 Å². The molecular weight excluding hydrogens is 164 g/mol. The van der Waals surface area contributed by atoms with Gasteiger partial charge in [0.25, 0.3) is 0 Å². The molecular formula is C8H11ClO2. The molecule has 1 heterocycles. The highest BCUT2D eigenvalue weighted by Crippen LogP contribution is 2.43. The van der Waals surface area contributed by atoms with Gasteiger partial charge < -0.3 is 4.74 Å². The Hall–Kier alpha value is -0.240. The zero-order valence-electron chi connectivity index (χ0n) is 6.31. The number of esters is 1. The minimum absolute atomic E-state index is 0.0638. The zero-order valence-corrected chi connectivity index (χ0v) is 7.06. The number of carbonyl (C=O) groups excluding carboxylic acids is 1. The first kappa shape index (κ1) is 7.41. The van der Waals surface area contributed by atoms with Crippen LogP contribution in [-0.4, -0.2) is 16.9 Å². The maximum Gasteiger partial charge on any atom is 0.310 e. The molecule has 2 rings (SSSR count). The molecule has 0 radical (unpaired) electrons. The van der Waals surface area contributed by atoms with Crippen LogP contribution in [0.4, 0.5) is 0 Å². The van der Waals surface area contributed by atoms with Gasteiger partial charge in [0.15, 0.2) is 0 Å². The topological polar surface area (TPSA) is 26.3 Å². The standard InChI is InChI=1S/C8H11ClO2/c9-6-3-1-2-4-8(6)5-7(10)11-8/h6H,1-5H2. The third-order valence-electron chi connectivity index (χ3n) is 2.64. The molecule has 0 aromatic rings. The molecule has 1 aliphatic carbocycles. The van der Waals surface area contributed by atoms with Gasteiger partial charge in [-0.25, -0.2) is 0 Å². The minimum Gasteiger partial charge on any atom is -0.457 e. The molecule has 2 atom stereocenters. The van der Waals surface area contributed by atoms with E-state index in [1.165, 1.54) is 6.42 Å². The SMILES string of the molecule is O=C1CC2(CCCCC2Cl)O1. The van der Waals surface area contributed by atoms with Gasteiger partial charge in [-0.2, -0.15) is 0 Å². The van der Waals surface area contributed by atoms with Gasteiger partial charge >= 0.3 is 5.97 Å². The van der Waals surface area contributed by atoms with Crippen molar-refractivity contribution in [3.8, 4) is 0 Å². The number of hydrogen-bond donors (Lipinski definition) is 0. The third kappa shape index (κ3) is 1.04. The number of hydrogen-bond acceptors (Lipinski definition) is 2. The molecule has 1 saturated heterocycles. The summed E-state index contributed by atoms with van der Waals surface area (Å²) in [6.45, 7) is 0. The molecule has 62 valence electrons. The number of carbonyl (C=O) groups is 1. The smallest absolute Gasteiger partial charge is 0.310 e. The van der Waals surface area contributed by atoms with Crippen molar-refractivity contribution in [2.24, 2.45) is 0 Å². The van der Waals surface area contributed by atoms with Crippen LogP contribution in [0.25, 0.3) is 0 Å². The molecule has 0 bridgehead atoms. The first-order chi connectivity index (χ1) is 5.23. The van der Waals surface area contributed by atoms with Crippen LogP contribution in [-0.2, 0) is 9.53 Å². The predicted octanol–water partition coefficient (Wildman–Crippen LogP) is 1.85. The van der Waals surface area contributed by atoms with Gasteiger partial charge in [-0.05, 0) is 19.3 Å². The monoisotopic (exact) mass is 174 g/mol. The molecule has 3 heteroatoms. The van der Waals surface area contributed by atoms with E-state index >= 15 is 0 Å². The highest BCUT2D eigenvalue weighted by atomic mass is 35.5. The van der Waals surface area contributed by atoms with E-state index in [1.54, 1.807) is 0 Å². The second kappa shape index (κ2) is 2.37. The fourth-order valence-corrected chi connectivity index (χ4v) is 2.33. The fraction of sp³-hybridized carbons (Fsp3) is 0.875. The van der Waals surface area contributed by atoms with Crippen LogP contribution in [0.15, 0.2) is 0 Å². The lowest BCUT2D eigenvalue weighted by atomic mass is 9.79. The first-order valence-corrected chi connectivity index (χ1v) is 4.52. The second-order valence-electron chi connectivity index (χ2n) is 3.43. The van der Waals surface area contributed by atoms with Gasteiger partial charge in [-0.3, -0.25) is 4.79 Å². The van der Waals surface area contributed by atoms with Crippen LogP contribution in [0.2, 0.25) is 0 Å². The van der Waals surface area contributed by atoms with Gasteiger partial charge in [0, 0.05) is 0 Å². The molecule has 11 heavy (non-hydrogen) atoms.